The molecule has 0 bridgehead atoms. The topological polar surface area (TPSA) is 12.0 Å². The number of thiophene rings is 2. The van der Waals surface area contributed by atoms with Crippen LogP contribution in [0.4, 0.5) is 0 Å². The van der Waals surface area contributed by atoms with Crippen LogP contribution in [-0.4, -0.2) is 6.04 Å². The molecule has 1 unspecified atom stereocenters. The Kier molecular flexibility index (Phi) is 4.36. The lowest BCUT2D eigenvalue weighted by molar-refractivity contribution is 0.364. The van der Waals surface area contributed by atoms with E-state index < -0.39 is 0 Å². The van der Waals surface area contributed by atoms with Crippen LogP contribution in [0.3, 0.4) is 0 Å². The second-order valence-electron chi connectivity index (χ2n) is 5.46. The normalized spacial score (nSPS) is 18.2. The molecule has 2 aromatic rings. The molecule has 102 valence electrons. The summed E-state index contributed by atoms with van der Waals surface area (Å²) in [4.78, 5) is 2.87. The van der Waals surface area contributed by atoms with E-state index in [1.54, 1.807) is 0 Å². The Morgan fingerprint density at radius 1 is 1.05 bits per heavy atom. The van der Waals surface area contributed by atoms with Gasteiger partial charge in [0.05, 0.1) is 6.04 Å². The van der Waals surface area contributed by atoms with Gasteiger partial charge in [-0.25, -0.2) is 0 Å². The Hall–Kier alpha value is -0.640. The van der Waals surface area contributed by atoms with Crippen molar-refractivity contribution in [3.63, 3.8) is 0 Å². The van der Waals surface area contributed by atoms with Gasteiger partial charge < -0.3 is 5.32 Å². The van der Waals surface area contributed by atoms with E-state index in [1.165, 1.54) is 35.4 Å². The highest BCUT2D eigenvalue weighted by Gasteiger charge is 2.25. The van der Waals surface area contributed by atoms with Crippen LogP contribution in [0.15, 0.2) is 35.0 Å². The summed E-state index contributed by atoms with van der Waals surface area (Å²) in [6.45, 7) is 2.37. The van der Waals surface area contributed by atoms with E-state index in [0.717, 1.165) is 5.92 Å². The summed E-state index contributed by atoms with van der Waals surface area (Å²) in [5.74, 6) is 0.863. The van der Waals surface area contributed by atoms with Gasteiger partial charge in [-0.2, -0.15) is 0 Å². The van der Waals surface area contributed by atoms with E-state index in [9.17, 15) is 0 Å². The van der Waals surface area contributed by atoms with Crippen LogP contribution in [-0.2, 0) is 0 Å². The summed E-state index contributed by atoms with van der Waals surface area (Å²) in [6.07, 6.45) is 5.63. The van der Waals surface area contributed by atoms with Crippen molar-refractivity contribution in [1.82, 2.24) is 5.32 Å². The van der Waals surface area contributed by atoms with Crippen LogP contribution in [0.2, 0.25) is 0 Å². The fourth-order valence-corrected chi connectivity index (χ4v) is 4.75. The highest BCUT2D eigenvalue weighted by molar-refractivity contribution is 7.11. The summed E-state index contributed by atoms with van der Waals surface area (Å²) in [5, 5.41) is 8.24. The molecule has 2 heterocycles. The van der Waals surface area contributed by atoms with Gasteiger partial charge in [0.15, 0.2) is 0 Å². The molecular formula is C16H21NS2. The minimum Gasteiger partial charge on any atom is -0.302 e. The molecule has 1 atom stereocenters. The van der Waals surface area contributed by atoms with Crippen molar-refractivity contribution in [1.29, 1.82) is 0 Å². The van der Waals surface area contributed by atoms with Gasteiger partial charge in [0.1, 0.15) is 0 Å². The van der Waals surface area contributed by atoms with Gasteiger partial charge in [0.2, 0.25) is 0 Å². The number of nitrogens with one attached hydrogen (secondary N) is 1. The van der Waals surface area contributed by atoms with E-state index in [1.807, 2.05) is 22.7 Å². The SMILES string of the molecule is CC(NC(c1cccs1)c1cccs1)C1CCCC1. The molecular weight excluding hydrogens is 270 g/mol. The van der Waals surface area contributed by atoms with Crippen molar-refractivity contribution in [2.75, 3.05) is 0 Å². The third-order valence-corrected chi connectivity index (χ3v) is 6.07. The van der Waals surface area contributed by atoms with E-state index in [2.05, 4.69) is 47.3 Å². The van der Waals surface area contributed by atoms with Crippen LogP contribution >= 0.6 is 22.7 Å². The third-order valence-electron chi connectivity index (χ3n) is 4.19. The fourth-order valence-electron chi connectivity index (χ4n) is 3.07. The first-order valence-electron chi connectivity index (χ1n) is 7.17. The minimum atomic E-state index is 0.385. The maximum atomic E-state index is 3.88. The highest BCUT2D eigenvalue weighted by Crippen LogP contribution is 2.33. The maximum absolute atomic E-state index is 3.88. The fraction of sp³-hybridized carbons (Fsp3) is 0.500. The van der Waals surface area contributed by atoms with E-state index in [0.29, 0.717) is 12.1 Å². The van der Waals surface area contributed by atoms with Crippen LogP contribution in [0.5, 0.6) is 0 Å². The molecule has 0 spiro atoms. The zero-order valence-electron chi connectivity index (χ0n) is 11.3. The summed E-state index contributed by atoms with van der Waals surface area (Å²) >= 11 is 3.72. The zero-order chi connectivity index (χ0) is 13.1. The minimum absolute atomic E-state index is 0.385. The molecule has 0 saturated heterocycles. The van der Waals surface area contributed by atoms with Gasteiger partial charge in [-0.15, -0.1) is 22.7 Å². The summed E-state index contributed by atoms with van der Waals surface area (Å²) in [5.41, 5.74) is 0. The molecule has 3 heteroatoms. The van der Waals surface area contributed by atoms with Crippen LogP contribution in [0.25, 0.3) is 0 Å². The van der Waals surface area contributed by atoms with Crippen molar-refractivity contribution in [2.24, 2.45) is 5.92 Å². The lowest BCUT2D eigenvalue weighted by Crippen LogP contribution is -2.35. The maximum Gasteiger partial charge on any atom is 0.0766 e. The molecule has 1 fully saturated rings. The largest absolute Gasteiger partial charge is 0.302 e. The molecule has 3 rings (SSSR count). The lowest BCUT2D eigenvalue weighted by atomic mass is 9.98. The Balaban J connectivity index is 1.76. The van der Waals surface area contributed by atoms with Gasteiger partial charge in [-0.05, 0) is 48.6 Å². The molecule has 0 aliphatic heterocycles. The molecule has 0 amide bonds. The highest BCUT2D eigenvalue weighted by atomic mass is 32.1. The lowest BCUT2D eigenvalue weighted by Gasteiger charge is -2.26. The molecule has 1 nitrogen and oxygen atoms in total. The van der Waals surface area contributed by atoms with Gasteiger partial charge >= 0.3 is 0 Å². The van der Waals surface area contributed by atoms with Crippen molar-refractivity contribution in [3.05, 3.63) is 44.8 Å². The molecule has 19 heavy (non-hydrogen) atoms. The number of rotatable bonds is 5. The Morgan fingerprint density at radius 2 is 1.63 bits per heavy atom. The second-order valence-corrected chi connectivity index (χ2v) is 7.42. The summed E-state index contributed by atoms with van der Waals surface area (Å²) in [6, 6.07) is 9.81. The monoisotopic (exact) mass is 291 g/mol. The first-order chi connectivity index (χ1) is 9.34. The van der Waals surface area contributed by atoms with E-state index in [4.69, 9.17) is 0 Å². The average molecular weight is 291 g/mol. The summed E-state index contributed by atoms with van der Waals surface area (Å²) in [7, 11) is 0. The van der Waals surface area contributed by atoms with E-state index in [-0.39, 0.29) is 0 Å². The van der Waals surface area contributed by atoms with Crippen molar-refractivity contribution < 1.29 is 0 Å². The number of hydrogen-bond donors (Lipinski definition) is 1. The predicted molar refractivity (Wildman–Crippen MR) is 85.0 cm³/mol. The first-order valence-corrected chi connectivity index (χ1v) is 8.93. The zero-order valence-corrected chi connectivity index (χ0v) is 13.0. The van der Waals surface area contributed by atoms with Crippen LogP contribution in [0, 0.1) is 5.92 Å². The van der Waals surface area contributed by atoms with E-state index >= 15 is 0 Å². The van der Waals surface area contributed by atoms with Gasteiger partial charge in [-0.3, -0.25) is 0 Å². The molecule has 1 aliphatic carbocycles. The summed E-state index contributed by atoms with van der Waals surface area (Å²) < 4.78 is 0. The predicted octanol–water partition coefficient (Wildman–Crippen LogP) is 5.07. The molecule has 1 aliphatic rings. The standard InChI is InChI=1S/C16H21NS2/c1-12(13-6-2-3-7-13)17-16(14-8-4-10-18-14)15-9-5-11-19-15/h4-5,8-13,16-17H,2-3,6-7H2,1H3. The molecule has 0 radical (unpaired) electrons. The molecule has 0 aromatic carbocycles. The van der Waals surface area contributed by atoms with Crippen molar-refractivity contribution in [2.45, 2.75) is 44.7 Å². The van der Waals surface area contributed by atoms with Crippen LogP contribution < -0.4 is 5.32 Å². The number of hydrogen-bond acceptors (Lipinski definition) is 3. The van der Waals surface area contributed by atoms with Crippen LogP contribution in [0.1, 0.15) is 48.4 Å². The Bertz CT molecular complexity index is 435. The smallest absolute Gasteiger partial charge is 0.0766 e. The average Bonchev–Trinajstić information content (AvgIpc) is 3.17. The van der Waals surface area contributed by atoms with Gasteiger partial charge in [0, 0.05) is 15.8 Å². The second kappa shape index (κ2) is 6.21. The first kappa shape index (κ1) is 13.3. The van der Waals surface area contributed by atoms with Crippen molar-refractivity contribution >= 4 is 22.7 Å². The van der Waals surface area contributed by atoms with Crippen molar-refractivity contribution in [3.8, 4) is 0 Å². The molecule has 2 aromatic heterocycles. The Labute approximate surface area is 123 Å². The van der Waals surface area contributed by atoms with Gasteiger partial charge in [0.25, 0.3) is 0 Å². The third kappa shape index (κ3) is 3.10. The quantitative estimate of drug-likeness (QED) is 0.811. The van der Waals surface area contributed by atoms with Gasteiger partial charge in [-0.1, -0.05) is 25.0 Å². The molecule has 1 saturated carbocycles. The Morgan fingerprint density at radius 3 is 2.11 bits per heavy atom. The molecule has 1 N–H and O–H groups in total.